The predicted octanol–water partition coefficient (Wildman–Crippen LogP) is 11.6. The third-order valence-corrected chi connectivity index (χ3v) is 9.75. The molecular formula is C51H63Cl8N9Ti2-2. The monoisotopic (exact) mass is 1180 g/mol. The van der Waals surface area contributed by atoms with Gasteiger partial charge in [-0.3, -0.25) is 44.9 Å². The van der Waals surface area contributed by atoms with Crippen LogP contribution in [0, 0.1) is 0 Å². The second-order valence-corrected chi connectivity index (χ2v) is 35.0. The van der Waals surface area contributed by atoms with E-state index in [0.717, 1.165) is 34.1 Å². The molecule has 0 aliphatic rings. The van der Waals surface area contributed by atoms with Crippen LogP contribution in [-0.2, 0) is 29.4 Å². The second-order valence-electron chi connectivity index (χ2n) is 16.9. The van der Waals surface area contributed by atoms with Crippen LogP contribution in [0.4, 0.5) is 17.1 Å². The molecule has 0 radical (unpaired) electrons. The molecule has 3 aromatic heterocycles. The summed E-state index contributed by atoms with van der Waals surface area (Å²) < 4.78 is 0. The zero-order chi connectivity index (χ0) is 50.8. The molecule has 0 saturated carbocycles. The van der Waals surface area contributed by atoms with Crippen molar-refractivity contribution in [2.24, 2.45) is 15.0 Å². The number of aliphatic imine (C=N–C) groups is 3. The number of hydrogen-bond donors (Lipinski definition) is 0. The van der Waals surface area contributed by atoms with Gasteiger partial charge in [0, 0.05) is 37.2 Å². The van der Waals surface area contributed by atoms with Gasteiger partial charge in [0.25, 0.3) is 0 Å². The number of nitrogens with zero attached hydrogens (tertiary/aromatic N) is 9. The quantitative estimate of drug-likeness (QED) is 0.0891. The van der Waals surface area contributed by atoms with Crippen LogP contribution in [0.15, 0.2) is 125 Å². The van der Waals surface area contributed by atoms with Crippen molar-refractivity contribution in [3.63, 3.8) is 0 Å². The normalized spacial score (nSPS) is 11.1. The van der Waals surface area contributed by atoms with Gasteiger partial charge in [0.2, 0.25) is 0 Å². The summed E-state index contributed by atoms with van der Waals surface area (Å²) in [6, 6.07) is 19.3. The first-order chi connectivity index (χ1) is 32.2. The Morgan fingerprint density at radius 1 is 0.400 bits per heavy atom. The molecule has 6 rings (SSSR count). The van der Waals surface area contributed by atoms with Gasteiger partial charge in [-0.05, 0) is 68.9 Å². The molecule has 19 heteroatoms. The van der Waals surface area contributed by atoms with E-state index in [0.29, 0.717) is 35.5 Å². The van der Waals surface area contributed by atoms with Crippen molar-refractivity contribution in [2.75, 3.05) is 0 Å². The van der Waals surface area contributed by atoms with E-state index in [9.17, 15) is 0 Å². The number of para-hydroxylation sites is 3. The van der Waals surface area contributed by atoms with Gasteiger partial charge in [-0.25, -0.2) is 0 Å². The third-order valence-electron chi connectivity index (χ3n) is 9.75. The maximum atomic E-state index is 5.01. The summed E-state index contributed by atoms with van der Waals surface area (Å²) >= 11 is -3.67. The Morgan fingerprint density at radius 3 is 0.729 bits per heavy atom. The fourth-order valence-electron chi connectivity index (χ4n) is 6.51. The zero-order valence-corrected chi connectivity index (χ0v) is 50.8. The average Bonchev–Trinajstić information content (AvgIpc) is 3.30. The second kappa shape index (κ2) is 36.6. The molecule has 0 N–H and O–H groups in total. The van der Waals surface area contributed by atoms with Crippen molar-refractivity contribution in [1.82, 2.24) is 29.9 Å². The van der Waals surface area contributed by atoms with E-state index in [2.05, 4.69) is 168 Å². The SMILES string of the molecule is CC(C)c1cccc(C(C)C)c1N=Cc1cnccn1.CC(C)c1cccc(C(C)C)c1N=Cc1cnccn1.CC(C)c1cccc(C(C)C)c1N=Cc1cnccn1.[Cl-].[Cl-].[Cl][Ti]([Cl])([Cl])[Cl].[Cl][Ti][Cl]. The molecule has 9 nitrogen and oxygen atoms in total. The van der Waals surface area contributed by atoms with E-state index in [-0.39, 0.29) is 24.8 Å². The molecule has 6 aromatic rings. The van der Waals surface area contributed by atoms with Gasteiger partial charge in [-0.2, -0.15) is 0 Å². The van der Waals surface area contributed by atoms with Crippen molar-refractivity contribution < 1.29 is 54.2 Å². The molecule has 0 unspecified atom stereocenters. The number of halogens is 8. The fourth-order valence-corrected chi connectivity index (χ4v) is 6.51. The van der Waals surface area contributed by atoms with Crippen molar-refractivity contribution in [1.29, 1.82) is 0 Å². The number of hydrogen-bond acceptors (Lipinski definition) is 9. The summed E-state index contributed by atoms with van der Waals surface area (Å²) in [5, 5.41) is 0. The summed E-state index contributed by atoms with van der Waals surface area (Å²) in [5.41, 5.74) is 13.2. The molecule has 3 aromatic carbocycles. The summed E-state index contributed by atoms with van der Waals surface area (Å²) in [7, 11) is 29.8. The zero-order valence-electron chi connectivity index (χ0n) is 41.6. The first kappa shape index (κ1) is 67.7. The fraction of sp³-hybridized carbons (Fsp3) is 0.353. The maximum absolute atomic E-state index is 5.01. The Balaban J connectivity index is 0.000000932. The summed E-state index contributed by atoms with van der Waals surface area (Å²) in [5.74, 6) is 2.68. The van der Waals surface area contributed by atoms with Crippen molar-refractivity contribution >= 4 is 91.5 Å². The van der Waals surface area contributed by atoms with Crippen LogP contribution in [0.3, 0.4) is 0 Å². The minimum absolute atomic E-state index is 0. The van der Waals surface area contributed by atoms with E-state index in [1.165, 1.54) is 33.4 Å². The van der Waals surface area contributed by atoms with E-state index >= 15 is 0 Å². The molecule has 0 amide bonds. The summed E-state index contributed by atoms with van der Waals surface area (Å²) in [6.07, 6.45) is 20.6. The Bertz CT molecular complexity index is 2100. The molecule has 0 fully saturated rings. The molecule has 378 valence electrons. The van der Waals surface area contributed by atoms with Crippen LogP contribution in [0.5, 0.6) is 0 Å². The number of aromatic nitrogens is 6. The standard InChI is InChI=1S/3C17H21N3.8ClH.2Ti/c3*1-12(2)15-6-5-7-16(13(3)4)17(15)20-11-14-10-18-8-9-19-14;;;;;;;;;;/h3*5-13H,1-4H3;8*1H;;/q;;;;;;;;;;;+2;+4/p-8. The van der Waals surface area contributed by atoms with Crippen LogP contribution in [0.25, 0.3) is 0 Å². The molecule has 3 heterocycles. The molecule has 0 saturated heterocycles. The van der Waals surface area contributed by atoms with E-state index in [1.54, 1.807) is 74.4 Å². The molecule has 0 spiro atoms. The van der Waals surface area contributed by atoms with Gasteiger partial charge < -0.3 is 24.8 Å². The van der Waals surface area contributed by atoms with Gasteiger partial charge in [0.1, 0.15) is 0 Å². The Hall–Kier alpha value is -2.34. The third kappa shape index (κ3) is 26.0. The van der Waals surface area contributed by atoms with Gasteiger partial charge in [-0.15, -0.1) is 0 Å². The van der Waals surface area contributed by atoms with Gasteiger partial charge >= 0.3 is 85.2 Å². The molecule has 0 aliphatic carbocycles. The molecular weight excluding hydrogens is 1120 g/mol. The topological polar surface area (TPSA) is 114 Å². The Kier molecular flexibility index (Phi) is 35.3. The van der Waals surface area contributed by atoms with Crippen LogP contribution >= 0.6 is 55.8 Å². The van der Waals surface area contributed by atoms with E-state index in [4.69, 9.17) is 70.8 Å². The first-order valence-corrected chi connectivity index (χ1v) is 35.1. The Morgan fingerprint density at radius 2 is 0.586 bits per heavy atom. The Labute approximate surface area is 465 Å². The average molecular weight is 1180 g/mol. The first-order valence-electron chi connectivity index (χ1n) is 22.2. The van der Waals surface area contributed by atoms with Crippen molar-refractivity contribution in [2.45, 2.75) is 119 Å². The van der Waals surface area contributed by atoms with E-state index < -0.39 is 29.4 Å². The number of rotatable bonds is 12. The predicted molar refractivity (Wildman–Crippen MR) is 287 cm³/mol. The minimum atomic E-state index is -3.11. The van der Waals surface area contributed by atoms with Gasteiger partial charge in [-0.1, -0.05) is 138 Å². The van der Waals surface area contributed by atoms with Crippen molar-refractivity contribution in [3.05, 3.63) is 161 Å². The van der Waals surface area contributed by atoms with Crippen molar-refractivity contribution in [3.8, 4) is 0 Å². The van der Waals surface area contributed by atoms with Gasteiger partial charge in [0.15, 0.2) is 0 Å². The van der Waals surface area contributed by atoms with Crippen LogP contribution in [0.1, 0.15) is 169 Å². The van der Waals surface area contributed by atoms with Crippen LogP contribution in [-0.4, -0.2) is 48.5 Å². The van der Waals surface area contributed by atoms with Crippen LogP contribution < -0.4 is 24.8 Å². The van der Waals surface area contributed by atoms with Crippen LogP contribution in [0.2, 0.25) is 0 Å². The molecule has 0 atom stereocenters. The molecule has 0 bridgehead atoms. The number of benzene rings is 3. The van der Waals surface area contributed by atoms with Gasteiger partial charge in [0.05, 0.1) is 71.4 Å². The molecule has 0 aliphatic heterocycles. The molecule has 70 heavy (non-hydrogen) atoms. The van der Waals surface area contributed by atoms with E-state index in [1.807, 2.05) is 0 Å². The summed E-state index contributed by atoms with van der Waals surface area (Å²) in [6.45, 7) is 26.3. The summed E-state index contributed by atoms with van der Waals surface area (Å²) in [4.78, 5) is 38.9.